The SMILES string of the molecule is CN(C(=O)N1CCCC1)C1(CC(=O)O)CCCCC1. The van der Waals surface area contributed by atoms with Crippen LogP contribution in [0.4, 0.5) is 4.79 Å². The minimum Gasteiger partial charge on any atom is -0.481 e. The molecule has 19 heavy (non-hydrogen) atoms. The molecule has 0 aromatic rings. The first-order chi connectivity index (χ1) is 9.05. The van der Waals surface area contributed by atoms with Gasteiger partial charge >= 0.3 is 12.0 Å². The van der Waals surface area contributed by atoms with Gasteiger partial charge in [-0.15, -0.1) is 0 Å². The number of hydrogen-bond acceptors (Lipinski definition) is 2. The van der Waals surface area contributed by atoms with Gasteiger partial charge in [0, 0.05) is 20.1 Å². The topological polar surface area (TPSA) is 60.9 Å². The van der Waals surface area contributed by atoms with Gasteiger partial charge in [-0.3, -0.25) is 4.79 Å². The molecule has 0 bridgehead atoms. The Labute approximate surface area is 114 Å². The molecular formula is C14H24N2O3. The van der Waals surface area contributed by atoms with Crippen molar-refractivity contribution in [3.8, 4) is 0 Å². The number of nitrogens with zero attached hydrogens (tertiary/aromatic N) is 2. The Morgan fingerprint density at radius 2 is 1.68 bits per heavy atom. The third kappa shape index (κ3) is 3.01. The van der Waals surface area contributed by atoms with E-state index in [1.165, 1.54) is 0 Å². The summed E-state index contributed by atoms with van der Waals surface area (Å²) in [7, 11) is 1.79. The molecule has 0 spiro atoms. The molecule has 1 heterocycles. The minimum absolute atomic E-state index is 0.0145. The summed E-state index contributed by atoms with van der Waals surface area (Å²) in [6, 6.07) is 0.0145. The zero-order valence-electron chi connectivity index (χ0n) is 11.7. The number of carbonyl (C=O) groups is 2. The first kappa shape index (κ1) is 14.2. The monoisotopic (exact) mass is 268 g/mol. The molecule has 1 N–H and O–H groups in total. The van der Waals surface area contributed by atoms with Crippen molar-refractivity contribution in [2.24, 2.45) is 0 Å². The van der Waals surface area contributed by atoms with E-state index in [1.807, 2.05) is 4.90 Å². The molecule has 108 valence electrons. The number of urea groups is 1. The molecule has 5 nitrogen and oxygen atoms in total. The Kier molecular flexibility index (Phi) is 4.32. The Bertz CT molecular complexity index is 345. The van der Waals surface area contributed by atoms with Gasteiger partial charge < -0.3 is 14.9 Å². The van der Waals surface area contributed by atoms with Gasteiger partial charge in [-0.2, -0.15) is 0 Å². The summed E-state index contributed by atoms with van der Waals surface area (Å²) in [5, 5.41) is 9.18. The van der Waals surface area contributed by atoms with Crippen molar-refractivity contribution in [2.45, 2.75) is 56.9 Å². The van der Waals surface area contributed by atoms with E-state index < -0.39 is 11.5 Å². The van der Waals surface area contributed by atoms with Gasteiger partial charge in [0.25, 0.3) is 0 Å². The molecule has 0 aromatic heterocycles. The summed E-state index contributed by atoms with van der Waals surface area (Å²) >= 11 is 0. The number of aliphatic carboxylic acids is 1. The molecule has 2 amide bonds. The van der Waals surface area contributed by atoms with Crippen LogP contribution in [0.25, 0.3) is 0 Å². The van der Waals surface area contributed by atoms with Crippen LogP contribution in [0, 0.1) is 0 Å². The average Bonchev–Trinajstić information content (AvgIpc) is 2.91. The number of rotatable bonds is 3. The van der Waals surface area contributed by atoms with Crippen molar-refractivity contribution < 1.29 is 14.7 Å². The fraction of sp³-hybridized carbons (Fsp3) is 0.857. The number of hydrogen-bond donors (Lipinski definition) is 1. The van der Waals surface area contributed by atoms with Crippen LogP contribution in [0.15, 0.2) is 0 Å². The standard InChI is InChI=1S/C14H24N2O3/c1-15(13(19)16-9-5-6-10-16)14(11-12(17)18)7-3-2-4-8-14/h2-11H2,1H3,(H,17,18). The van der Waals surface area contributed by atoms with Gasteiger partial charge in [-0.05, 0) is 25.7 Å². The number of carboxylic acid groups (broad SMARTS) is 1. The average molecular weight is 268 g/mol. The van der Waals surface area contributed by atoms with E-state index >= 15 is 0 Å². The van der Waals surface area contributed by atoms with Crippen LogP contribution in [0.2, 0.25) is 0 Å². The van der Waals surface area contributed by atoms with Crippen molar-refractivity contribution >= 4 is 12.0 Å². The van der Waals surface area contributed by atoms with Crippen molar-refractivity contribution in [3.05, 3.63) is 0 Å². The van der Waals surface area contributed by atoms with E-state index in [-0.39, 0.29) is 12.5 Å². The molecule has 2 fully saturated rings. The molecule has 2 rings (SSSR count). The third-order valence-electron chi connectivity index (χ3n) is 4.64. The van der Waals surface area contributed by atoms with Gasteiger partial charge in [0.05, 0.1) is 12.0 Å². The van der Waals surface area contributed by atoms with Gasteiger partial charge in [0.2, 0.25) is 0 Å². The number of carboxylic acids is 1. The molecule has 2 aliphatic rings. The second-order valence-corrected chi connectivity index (χ2v) is 5.89. The normalized spacial score (nSPS) is 22.3. The Morgan fingerprint density at radius 1 is 1.11 bits per heavy atom. The van der Waals surface area contributed by atoms with E-state index in [0.29, 0.717) is 0 Å². The predicted molar refractivity (Wildman–Crippen MR) is 72.0 cm³/mol. The zero-order valence-corrected chi connectivity index (χ0v) is 11.7. The van der Waals surface area contributed by atoms with Gasteiger partial charge in [-0.25, -0.2) is 4.79 Å². The van der Waals surface area contributed by atoms with E-state index in [4.69, 9.17) is 0 Å². The highest BCUT2D eigenvalue weighted by Crippen LogP contribution is 2.36. The fourth-order valence-corrected chi connectivity index (χ4v) is 3.45. The van der Waals surface area contributed by atoms with Crippen LogP contribution in [0.3, 0.4) is 0 Å². The highest BCUT2D eigenvalue weighted by molar-refractivity contribution is 5.77. The molecule has 5 heteroatoms. The number of carbonyl (C=O) groups excluding carboxylic acids is 1. The maximum Gasteiger partial charge on any atom is 0.320 e. The molecule has 0 atom stereocenters. The lowest BCUT2D eigenvalue weighted by atomic mass is 9.78. The summed E-state index contributed by atoms with van der Waals surface area (Å²) < 4.78 is 0. The summed E-state index contributed by atoms with van der Waals surface area (Å²) in [6.07, 6.45) is 7.01. The zero-order chi connectivity index (χ0) is 13.9. The van der Waals surface area contributed by atoms with Crippen LogP contribution in [0.1, 0.15) is 51.4 Å². The molecular weight excluding hydrogens is 244 g/mol. The Morgan fingerprint density at radius 3 is 2.21 bits per heavy atom. The lowest BCUT2D eigenvalue weighted by Gasteiger charge is -2.45. The fourth-order valence-electron chi connectivity index (χ4n) is 3.45. The highest BCUT2D eigenvalue weighted by atomic mass is 16.4. The molecule has 1 saturated carbocycles. The first-order valence-corrected chi connectivity index (χ1v) is 7.30. The summed E-state index contributed by atoms with van der Waals surface area (Å²) in [6.45, 7) is 1.62. The second kappa shape index (κ2) is 5.80. The molecule has 1 aliphatic heterocycles. The molecule has 0 aromatic carbocycles. The van der Waals surface area contributed by atoms with Crippen molar-refractivity contribution in [1.82, 2.24) is 9.80 Å². The maximum absolute atomic E-state index is 12.5. The highest BCUT2D eigenvalue weighted by Gasteiger charge is 2.41. The summed E-state index contributed by atoms with van der Waals surface area (Å²) in [5.74, 6) is -0.803. The van der Waals surface area contributed by atoms with Crippen LogP contribution in [-0.4, -0.2) is 52.6 Å². The van der Waals surface area contributed by atoms with Gasteiger partial charge in [0.15, 0.2) is 0 Å². The molecule has 0 radical (unpaired) electrons. The van der Waals surface area contributed by atoms with E-state index in [2.05, 4.69) is 0 Å². The third-order valence-corrected chi connectivity index (χ3v) is 4.64. The van der Waals surface area contributed by atoms with E-state index in [9.17, 15) is 14.7 Å². The predicted octanol–water partition coefficient (Wildman–Crippen LogP) is 2.31. The van der Waals surface area contributed by atoms with E-state index in [1.54, 1.807) is 11.9 Å². The smallest absolute Gasteiger partial charge is 0.320 e. The van der Waals surface area contributed by atoms with E-state index in [0.717, 1.165) is 58.0 Å². The van der Waals surface area contributed by atoms with Crippen LogP contribution in [0.5, 0.6) is 0 Å². The van der Waals surface area contributed by atoms with Crippen molar-refractivity contribution in [1.29, 1.82) is 0 Å². The Hall–Kier alpha value is -1.26. The largest absolute Gasteiger partial charge is 0.481 e. The molecule has 0 unspecified atom stereocenters. The quantitative estimate of drug-likeness (QED) is 0.854. The van der Waals surface area contributed by atoms with Crippen LogP contribution in [-0.2, 0) is 4.79 Å². The molecule has 1 aliphatic carbocycles. The Balaban J connectivity index is 2.11. The lowest BCUT2D eigenvalue weighted by molar-refractivity contribution is -0.140. The maximum atomic E-state index is 12.5. The van der Waals surface area contributed by atoms with Gasteiger partial charge in [0.1, 0.15) is 0 Å². The number of likely N-dealkylation sites (tertiary alicyclic amines) is 1. The van der Waals surface area contributed by atoms with Crippen LogP contribution >= 0.6 is 0 Å². The van der Waals surface area contributed by atoms with Gasteiger partial charge in [-0.1, -0.05) is 19.3 Å². The lowest BCUT2D eigenvalue weighted by Crippen LogP contribution is -2.55. The summed E-state index contributed by atoms with van der Waals surface area (Å²) in [4.78, 5) is 27.2. The first-order valence-electron chi connectivity index (χ1n) is 7.30. The van der Waals surface area contributed by atoms with Crippen molar-refractivity contribution in [3.63, 3.8) is 0 Å². The van der Waals surface area contributed by atoms with Crippen LogP contribution < -0.4 is 0 Å². The number of amides is 2. The second-order valence-electron chi connectivity index (χ2n) is 5.89. The minimum atomic E-state index is -0.803. The summed E-state index contributed by atoms with van der Waals surface area (Å²) in [5.41, 5.74) is -0.468. The van der Waals surface area contributed by atoms with Crippen molar-refractivity contribution in [2.75, 3.05) is 20.1 Å². The molecule has 1 saturated heterocycles.